The Morgan fingerprint density at radius 1 is 0.597 bits per heavy atom. The van der Waals surface area contributed by atoms with Crippen molar-refractivity contribution in [3.63, 3.8) is 0 Å². The van der Waals surface area contributed by atoms with Crippen LogP contribution in [-0.4, -0.2) is 148 Å². The zero-order valence-electron chi connectivity index (χ0n) is 40.8. The number of aromatic nitrogens is 6. The fraction of sp³-hybridized carbons (Fsp3) is 0.600. The Bertz CT molecular complexity index is 2500. The van der Waals surface area contributed by atoms with Crippen molar-refractivity contribution in [2.45, 2.75) is 113 Å². The summed E-state index contributed by atoms with van der Waals surface area (Å²) in [5.74, 6) is 4.42. The number of hydrogen-bond acceptors (Lipinski definition) is 14. The predicted molar refractivity (Wildman–Crippen MR) is 256 cm³/mol. The van der Waals surface area contributed by atoms with E-state index in [1.54, 1.807) is 0 Å². The molecule has 4 aromatic rings. The third-order valence-electron chi connectivity index (χ3n) is 15.8. The molecule has 6 aliphatic carbocycles. The van der Waals surface area contributed by atoms with Gasteiger partial charge in [-0.05, 0) is 62.5 Å². The van der Waals surface area contributed by atoms with Crippen LogP contribution in [0.5, 0.6) is 11.5 Å². The van der Waals surface area contributed by atoms with Gasteiger partial charge in [-0.25, -0.2) is 19.9 Å². The Kier molecular flexibility index (Phi) is 13.3. The van der Waals surface area contributed by atoms with Gasteiger partial charge in [-0.2, -0.15) is 0 Å². The highest BCUT2D eigenvalue weighted by Crippen LogP contribution is 2.70. The van der Waals surface area contributed by atoms with Crippen molar-refractivity contribution >= 4 is 11.6 Å². The molecule has 22 heteroatoms. The number of aliphatic hydroxyl groups excluding tert-OH is 2. The highest BCUT2D eigenvalue weighted by molar-refractivity contribution is 5.65. The molecule has 6 saturated carbocycles. The molecule has 16 nitrogen and oxygen atoms in total. The quantitative estimate of drug-likeness (QED) is 0.0853. The van der Waals surface area contributed by atoms with Crippen LogP contribution < -0.4 is 20.9 Å². The highest BCUT2D eigenvalue weighted by atomic mass is 19.4. The lowest BCUT2D eigenvalue weighted by atomic mass is 9.43. The van der Waals surface area contributed by atoms with Crippen molar-refractivity contribution in [2.24, 2.45) is 11.8 Å². The van der Waals surface area contributed by atoms with Crippen LogP contribution in [-0.2, 0) is 11.1 Å². The molecule has 2 aliphatic heterocycles. The molecular weight excluding hydrogens is 947 g/mol. The largest absolute Gasteiger partial charge is 0.573 e. The molecule has 12 rings (SSSR count). The molecule has 388 valence electrons. The summed E-state index contributed by atoms with van der Waals surface area (Å²) in [4.78, 5) is 26.8. The average Bonchev–Trinajstić information content (AvgIpc) is 3.90. The lowest BCUT2D eigenvalue weighted by molar-refractivity contribution is -0.275. The van der Waals surface area contributed by atoms with Crippen molar-refractivity contribution in [2.75, 3.05) is 76.9 Å². The number of nitrogens with two attached hydrogens (primary N) is 2. The van der Waals surface area contributed by atoms with E-state index in [1.807, 2.05) is 49.2 Å². The Balaban J connectivity index is 0.000000178. The van der Waals surface area contributed by atoms with Crippen molar-refractivity contribution in [1.82, 2.24) is 48.7 Å². The standard InChI is InChI=1S/2C25H31F3N6O2/c2*1-4-5-32-6-8-33(9-7-32)23-13-24(14-23,15-23)34-12-18(31-22(34)20(35)16(2)3)17-10-19(21(29)30-11-17)36-25(26,27)28/h2*1,10-12,16,20,35H,5-9,13-15H2,2-3H3,(H2,29,30)/t2*20-,23?,24?/m10/s1. The highest BCUT2D eigenvalue weighted by Gasteiger charge is 2.72. The molecule has 0 amide bonds. The number of aliphatic hydroxyl groups is 2. The molecule has 6 heterocycles. The first-order valence-corrected chi connectivity index (χ1v) is 24.3. The van der Waals surface area contributed by atoms with Crippen molar-refractivity contribution in [3.05, 3.63) is 48.6 Å². The number of alkyl halides is 6. The van der Waals surface area contributed by atoms with Crippen molar-refractivity contribution in [3.8, 4) is 58.7 Å². The van der Waals surface area contributed by atoms with Crippen LogP contribution in [0.25, 0.3) is 22.5 Å². The Hall–Kier alpha value is -5.62. The molecule has 4 aromatic heterocycles. The topological polar surface area (TPSA) is 185 Å². The minimum absolute atomic E-state index is 0.0850. The number of anilines is 2. The van der Waals surface area contributed by atoms with Crippen LogP contribution in [0.1, 0.15) is 90.1 Å². The zero-order chi connectivity index (χ0) is 51.8. The van der Waals surface area contributed by atoms with Crippen LogP contribution in [0, 0.1) is 36.5 Å². The number of nitrogen functional groups attached to an aromatic ring is 2. The number of hydrogen-bond donors (Lipinski definition) is 4. The fourth-order valence-corrected chi connectivity index (χ4v) is 12.0. The predicted octanol–water partition coefficient (Wildman–Crippen LogP) is 6.00. The van der Waals surface area contributed by atoms with E-state index in [1.165, 1.54) is 24.5 Å². The lowest BCUT2D eigenvalue weighted by Gasteiger charge is -2.75. The van der Waals surface area contributed by atoms with E-state index in [-0.39, 0.29) is 45.6 Å². The second-order valence-electron chi connectivity index (χ2n) is 21.3. The summed E-state index contributed by atoms with van der Waals surface area (Å²) < 4.78 is 89.0. The summed E-state index contributed by atoms with van der Waals surface area (Å²) in [6, 6.07) is 2.38. The molecule has 2 saturated heterocycles. The molecule has 72 heavy (non-hydrogen) atoms. The van der Waals surface area contributed by atoms with Gasteiger partial charge in [0.2, 0.25) is 0 Å². The van der Waals surface area contributed by atoms with Crippen LogP contribution in [0.2, 0.25) is 0 Å². The molecule has 2 atom stereocenters. The monoisotopic (exact) mass is 1010 g/mol. The number of rotatable bonds is 14. The van der Waals surface area contributed by atoms with Crippen LogP contribution in [0.3, 0.4) is 0 Å². The van der Waals surface area contributed by atoms with E-state index < -0.39 is 36.4 Å². The number of ether oxygens (including phenoxy) is 2. The van der Waals surface area contributed by atoms with Gasteiger partial charge in [0, 0.05) is 99.4 Å². The second kappa shape index (κ2) is 18.7. The van der Waals surface area contributed by atoms with E-state index in [9.17, 15) is 36.6 Å². The Morgan fingerprint density at radius 2 is 0.931 bits per heavy atom. The SMILES string of the molecule is C#CCN1CCN(C23CC(n4cc(-c5cnc(N)c(OC(F)(F)F)c5)nc4[C@@H](O)C(C)C)(C2)C3)CC1.C#CCN1CCN(C23CC(n4cc(-c5cnc(N)c(OC(F)(F)F)c5)nc4[C@H](O)C(C)C)(C2)C3)CC1. The van der Waals surface area contributed by atoms with Gasteiger partial charge in [-0.15, -0.1) is 39.2 Å². The smallest absolute Gasteiger partial charge is 0.402 e. The Morgan fingerprint density at radius 3 is 1.22 bits per heavy atom. The van der Waals surface area contributed by atoms with E-state index in [0.29, 0.717) is 47.3 Å². The van der Waals surface area contributed by atoms with Crippen molar-refractivity contribution < 1.29 is 46.0 Å². The molecule has 4 bridgehead atoms. The summed E-state index contributed by atoms with van der Waals surface area (Å²) in [6.07, 6.45) is 11.6. The van der Waals surface area contributed by atoms with Gasteiger partial charge in [0.1, 0.15) is 23.9 Å². The summed E-state index contributed by atoms with van der Waals surface area (Å²) in [5, 5.41) is 21.9. The maximum Gasteiger partial charge on any atom is 0.573 e. The van der Waals surface area contributed by atoms with Crippen molar-refractivity contribution in [1.29, 1.82) is 0 Å². The van der Waals surface area contributed by atoms with E-state index in [4.69, 9.17) is 24.3 Å². The zero-order valence-corrected chi connectivity index (χ0v) is 40.8. The molecule has 0 spiro atoms. The number of nitrogens with zero attached hydrogens (tertiary/aromatic N) is 10. The minimum Gasteiger partial charge on any atom is -0.402 e. The third kappa shape index (κ3) is 9.57. The van der Waals surface area contributed by atoms with Gasteiger partial charge in [0.25, 0.3) is 0 Å². The van der Waals surface area contributed by atoms with Crippen LogP contribution >= 0.6 is 0 Å². The summed E-state index contributed by atoms with van der Waals surface area (Å²) in [5.41, 5.74) is 12.7. The van der Waals surface area contributed by atoms with E-state index in [0.717, 1.165) is 90.9 Å². The van der Waals surface area contributed by atoms with E-state index >= 15 is 0 Å². The Labute approximate surface area is 414 Å². The first-order chi connectivity index (χ1) is 33.9. The normalized spacial score (nSPS) is 27.3. The average molecular weight is 1010 g/mol. The van der Waals surface area contributed by atoms with E-state index in [2.05, 4.69) is 60.9 Å². The molecular formula is C50H62F6N12O4. The van der Waals surface area contributed by atoms with Gasteiger partial charge in [-0.1, -0.05) is 39.5 Å². The minimum atomic E-state index is -4.89. The maximum absolute atomic E-state index is 12.8. The molecule has 0 radical (unpaired) electrons. The van der Waals surface area contributed by atoms with Crippen LogP contribution in [0.15, 0.2) is 36.9 Å². The number of halogens is 6. The van der Waals surface area contributed by atoms with Gasteiger partial charge >= 0.3 is 12.7 Å². The first kappa shape index (κ1) is 51.3. The summed E-state index contributed by atoms with van der Waals surface area (Å²) in [7, 11) is 0. The van der Waals surface area contributed by atoms with Gasteiger partial charge in [-0.3, -0.25) is 19.6 Å². The molecule has 6 N–H and O–H groups in total. The van der Waals surface area contributed by atoms with Gasteiger partial charge < -0.3 is 40.3 Å². The van der Waals surface area contributed by atoms with Crippen LogP contribution in [0.4, 0.5) is 38.0 Å². The first-order valence-electron chi connectivity index (χ1n) is 24.3. The summed E-state index contributed by atoms with van der Waals surface area (Å²) in [6.45, 7) is 16.7. The maximum atomic E-state index is 12.8. The second-order valence-corrected chi connectivity index (χ2v) is 21.3. The lowest BCUT2D eigenvalue weighted by Crippen LogP contribution is -2.80. The molecule has 8 aliphatic rings. The van der Waals surface area contributed by atoms with Gasteiger partial charge in [0.05, 0.1) is 35.6 Å². The third-order valence-corrected chi connectivity index (χ3v) is 15.8. The fourth-order valence-electron chi connectivity index (χ4n) is 12.0. The summed E-state index contributed by atoms with van der Waals surface area (Å²) >= 11 is 0. The molecule has 0 unspecified atom stereocenters. The molecule has 8 fully saturated rings. The number of pyridine rings is 2. The number of imidazole rings is 2. The number of terminal acetylenes is 2. The van der Waals surface area contributed by atoms with Gasteiger partial charge in [0.15, 0.2) is 23.1 Å². The number of piperazine rings is 2. The molecule has 0 aromatic carbocycles.